The lowest BCUT2D eigenvalue weighted by molar-refractivity contribution is -0.137. The van der Waals surface area contributed by atoms with Crippen LogP contribution in [-0.4, -0.2) is 26.9 Å². The minimum absolute atomic E-state index is 0.108. The molecular weight excluding hydrogens is 331 g/mol. The van der Waals surface area contributed by atoms with Crippen LogP contribution in [0.15, 0.2) is 24.3 Å². The Kier molecular flexibility index (Phi) is 5.37. The predicted octanol–water partition coefficient (Wildman–Crippen LogP) is 3.11. The molecule has 0 aromatic heterocycles. The van der Waals surface area contributed by atoms with E-state index in [-0.39, 0.29) is 12.5 Å². The average Bonchev–Trinajstić information content (AvgIpc) is 2.99. The van der Waals surface area contributed by atoms with Crippen molar-refractivity contribution < 1.29 is 26.3 Å². The molecule has 1 aromatic rings. The second-order valence-corrected chi connectivity index (χ2v) is 7.98. The minimum Gasteiger partial charge on any atom is -0.380 e. The van der Waals surface area contributed by atoms with Crippen LogP contribution in [-0.2, 0) is 20.9 Å². The highest BCUT2D eigenvalue weighted by molar-refractivity contribution is 7.90. The Bertz CT molecular complexity index is 620. The summed E-state index contributed by atoms with van der Waals surface area (Å²) in [7, 11) is -3.59. The van der Waals surface area contributed by atoms with E-state index in [2.05, 4.69) is 4.72 Å². The number of halogens is 3. The monoisotopic (exact) mass is 351 g/mol. The van der Waals surface area contributed by atoms with Crippen LogP contribution in [0, 0.1) is 5.92 Å². The number of nitrogens with one attached hydrogen (secondary N) is 1. The molecule has 0 amide bonds. The van der Waals surface area contributed by atoms with E-state index < -0.39 is 33.1 Å². The van der Waals surface area contributed by atoms with Crippen LogP contribution in [0.3, 0.4) is 0 Å². The average molecular weight is 351 g/mol. The van der Waals surface area contributed by atoms with Gasteiger partial charge in [-0.15, -0.1) is 0 Å². The molecule has 8 heteroatoms. The molecule has 0 spiro atoms. The number of benzene rings is 1. The van der Waals surface area contributed by atoms with Gasteiger partial charge in [0.2, 0.25) is 10.0 Å². The van der Waals surface area contributed by atoms with Crippen molar-refractivity contribution in [2.75, 3.05) is 13.2 Å². The lowest BCUT2D eigenvalue weighted by Gasteiger charge is -2.24. The summed E-state index contributed by atoms with van der Waals surface area (Å²) in [5.41, 5.74) is -0.244. The van der Waals surface area contributed by atoms with E-state index in [0.29, 0.717) is 18.6 Å². The van der Waals surface area contributed by atoms with Crippen molar-refractivity contribution in [3.05, 3.63) is 35.4 Å². The molecule has 2 rings (SSSR count). The molecule has 0 saturated carbocycles. The van der Waals surface area contributed by atoms with Gasteiger partial charge in [-0.3, -0.25) is 0 Å². The number of alkyl halides is 3. The third-order valence-corrected chi connectivity index (χ3v) is 5.71. The predicted molar refractivity (Wildman–Crippen MR) is 80.3 cm³/mol. The third-order valence-electron chi connectivity index (χ3n) is 3.88. The number of ether oxygens (including phenoxy) is 1. The van der Waals surface area contributed by atoms with Crippen molar-refractivity contribution in [2.24, 2.45) is 5.92 Å². The number of hydrogen-bond acceptors (Lipinski definition) is 3. The van der Waals surface area contributed by atoms with Gasteiger partial charge in [0.15, 0.2) is 0 Å². The summed E-state index contributed by atoms with van der Waals surface area (Å²) in [4.78, 5) is 0. The molecule has 1 fully saturated rings. The maximum Gasteiger partial charge on any atom is 0.416 e. The summed E-state index contributed by atoms with van der Waals surface area (Å²) in [6, 6.07) is 4.00. The van der Waals surface area contributed by atoms with Crippen molar-refractivity contribution in [2.45, 2.75) is 37.7 Å². The number of sulfonamides is 1. The SMILES string of the molecule is CC(C)C(NS(=O)(=O)C1CCOC1)c1ccc(C(F)(F)F)cc1. The fraction of sp³-hybridized carbons (Fsp3) is 0.600. The van der Waals surface area contributed by atoms with E-state index >= 15 is 0 Å². The van der Waals surface area contributed by atoms with Gasteiger partial charge in [0, 0.05) is 12.6 Å². The molecule has 1 saturated heterocycles. The minimum atomic E-state index is -4.41. The summed E-state index contributed by atoms with van der Waals surface area (Å²) in [5.74, 6) is -0.108. The molecule has 4 nitrogen and oxygen atoms in total. The highest BCUT2D eigenvalue weighted by Gasteiger charge is 2.34. The Labute approximate surface area is 134 Å². The van der Waals surface area contributed by atoms with E-state index in [1.54, 1.807) is 0 Å². The van der Waals surface area contributed by atoms with E-state index in [9.17, 15) is 21.6 Å². The van der Waals surface area contributed by atoms with Crippen LogP contribution in [0.25, 0.3) is 0 Å². The van der Waals surface area contributed by atoms with Crippen LogP contribution in [0.1, 0.15) is 37.4 Å². The zero-order valence-electron chi connectivity index (χ0n) is 12.9. The van der Waals surface area contributed by atoms with Crippen molar-refractivity contribution >= 4 is 10.0 Å². The second kappa shape index (κ2) is 6.78. The van der Waals surface area contributed by atoms with E-state index in [4.69, 9.17) is 4.74 Å². The lowest BCUT2D eigenvalue weighted by atomic mass is 9.96. The first kappa shape index (κ1) is 18.2. The smallest absolute Gasteiger partial charge is 0.380 e. The van der Waals surface area contributed by atoms with Crippen LogP contribution in [0.4, 0.5) is 13.2 Å². The van der Waals surface area contributed by atoms with Gasteiger partial charge in [-0.05, 0) is 30.0 Å². The highest BCUT2D eigenvalue weighted by Crippen LogP contribution is 2.31. The van der Waals surface area contributed by atoms with E-state index in [1.165, 1.54) is 12.1 Å². The van der Waals surface area contributed by atoms with Gasteiger partial charge in [-0.1, -0.05) is 26.0 Å². The molecule has 1 aliphatic rings. The lowest BCUT2D eigenvalue weighted by Crippen LogP contribution is -2.39. The van der Waals surface area contributed by atoms with Crippen molar-refractivity contribution in [3.63, 3.8) is 0 Å². The number of rotatable bonds is 5. The first-order valence-corrected chi connectivity index (χ1v) is 8.92. The van der Waals surface area contributed by atoms with Gasteiger partial charge in [0.1, 0.15) is 5.25 Å². The molecule has 23 heavy (non-hydrogen) atoms. The fourth-order valence-electron chi connectivity index (χ4n) is 2.50. The van der Waals surface area contributed by atoms with Gasteiger partial charge in [0.25, 0.3) is 0 Å². The zero-order chi connectivity index (χ0) is 17.3. The Balaban J connectivity index is 2.21. The van der Waals surface area contributed by atoms with Gasteiger partial charge >= 0.3 is 6.18 Å². The van der Waals surface area contributed by atoms with Gasteiger partial charge in [-0.25, -0.2) is 13.1 Å². The Morgan fingerprint density at radius 1 is 1.22 bits per heavy atom. The molecule has 0 radical (unpaired) electrons. The molecule has 1 aromatic carbocycles. The molecule has 1 N–H and O–H groups in total. The molecule has 130 valence electrons. The zero-order valence-corrected chi connectivity index (χ0v) is 13.7. The summed E-state index contributed by atoms with van der Waals surface area (Å²) in [6.07, 6.45) is -3.99. The molecule has 0 bridgehead atoms. The Morgan fingerprint density at radius 2 is 1.83 bits per heavy atom. The summed E-state index contributed by atoms with van der Waals surface area (Å²) in [6.45, 7) is 4.18. The number of hydrogen-bond donors (Lipinski definition) is 1. The summed E-state index contributed by atoms with van der Waals surface area (Å²) in [5, 5.41) is -0.613. The molecule has 1 heterocycles. The van der Waals surface area contributed by atoms with Gasteiger partial charge < -0.3 is 4.74 Å². The van der Waals surface area contributed by atoms with Gasteiger partial charge in [0.05, 0.1) is 12.2 Å². The highest BCUT2D eigenvalue weighted by atomic mass is 32.2. The molecule has 0 aliphatic carbocycles. The first-order valence-electron chi connectivity index (χ1n) is 7.37. The maximum absolute atomic E-state index is 12.6. The Hall–Kier alpha value is -1.12. The van der Waals surface area contributed by atoms with Crippen molar-refractivity contribution in [1.82, 2.24) is 4.72 Å². The van der Waals surface area contributed by atoms with Crippen LogP contribution >= 0.6 is 0 Å². The third kappa shape index (κ3) is 4.45. The maximum atomic E-state index is 12.6. The normalized spacial score (nSPS) is 20.9. The fourth-order valence-corrected chi connectivity index (χ4v) is 4.14. The van der Waals surface area contributed by atoms with E-state index in [0.717, 1.165) is 12.1 Å². The molecule has 2 atom stereocenters. The summed E-state index contributed by atoms with van der Waals surface area (Å²) < 4.78 is 70.4. The molecule has 1 aliphatic heterocycles. The second-order valence-electron chi connectivity index (χ2n) is 5.99. The summed E-state index contributed by atoms with van der Waals surface area (Å²) >= 11 is 0. The van der Waals surface area contributed by atoms with Gasteiger partial charge in [-0.2, -0.15) is 13.2 Å². The van der Waals surface area contributed by atoms with Crippen molar-refractivity contribution in [1.29, 1.82) is 0 Å². The van der Waals surface area contributed by atoms with Crippen LogP contribution < -0.4 is 4.72 Å². The van der Waals surface area contributed by atoms with Crippen LogP contribution in [0.2, 0.25) is 0 Å². The van der Waals surface area contributed by atoms with E-state index in [1.807, 2.05) is 13.8 Å². The first-order chi connectivity index (χ1) is 10.6. The Morgan fingerprint density at radius 3 is 2.26 bits per heavy atom. The van der Waals surface area contributed by atoms with Crippen molar-refractivity contribution in [3.8, 4) is 0 Å². The quantitative estimate of drug-likeness (QED) is 0.887. The molecular formula is C15H20F3NO3S. The largest absolute Gasteiger partial charge is 0.416 e. The van der Waals surface area contributed by atoms with Crippen LogP contribution in [0.5, 0.6) is 0 Å². The molecule has 2 unspecified atom stereocenters. The standard InChI is InChI=1S/C15H20F3NO3S/c1-10(2)14(19-23(20,21)13-7-8-22-9-13)11-3-5-12(6-4-11)15(16,17)18/h3-6,10,13-14,19H,7-9H2,1-2H3. The topological polar surface area (TPSA) is 55.4 Å².